The molecule has 0 aliphatic heterocycles. The molecule has 2 aromatic carbocycles. The minimum absolute atomic E-state index is 0.0604. The van der Waals surface area contributed by atoms with Crippen LogP contribution in [-0.4, -0.2) is 4.92 Å². The Morgan fingerprint density at radius 2 is 2.10 bits per heavy atom. The average Bonchev–Trinajstić information content (AvgIpc) is 2.42. The number of halogens is 2. The van der Waals surface area contributed by atoms with E-state index in [1.54, 1.807) is 12.1 Å². The van der Waals surface area contributed by atoms with Crippen LogP contribution in [0, 0.1) is 17.0 Å². The second-order valence-electron chi connectivity index (χ2n) is 4.19. The minimum atomic E-state index is -0.511. The quantitative estimate of drug-likeness (QED) is 0.427. The summed E-state index contributed by atoms with van der Waals surface area (Å²) in [5.74, 6) is 0.605. The van der Waals surface area contributed by atoms with Crippen LogP contribution in [0.25, 0.3) is 0 Å². The van der Waals surface area contributed by atoms with Crippen LogP contribution in [0.1, 0.15) is 11.1 Å². The first kappa shape index (κ1) is 14.8. The van der Waals surface area contributed by atoms with E-state index < -0.39 is 4.92 Å². The predicted octanol–water partition coefficient (Wildman–Crippen LogP) is 5.24. The fourth-order valence-electron chi connectivity index (χ4n) is 1.76. The highest BCUT2D eigenvalue weighted by Gasteiger charge is 2.19. The van der Waals surface area contributed by atoms with Crippen LogP contribution < -0.4 is 4.74 Å². The Morgan fingerprint density at radius 1 is 1.35 bits per heavy atom. The summed E-state index contributed by atoms with van der Waals surface area (Å²) >= 11 is 9.38. The molecule has 0 radical (unpaired) electrons. The molecule has 2 aromatic rings. The van der Waals surface area contributed by atoms with Crippen molar-refractivity contribution in [1.82, 2.24) is 0 Å². The van der Waals surface area contributed by atoms with Crippen LogP contribution >= 0.6 is 27.5 Å². The number of hydrogen-bond donors (Lipinski definition) is 0. The highest BCUT2D eigenvalue weighted by Crippen LogP contribution is 2.39. The molecule has 2 rings (SSSR count). The van der Waals surface area contributed by atoms with Crippen molar-refractivity contribution in [3.8, 4) is 11.5 Å². The van der Waals surface area contributed by atoms with Gasteiger partial charge in [-0.1, -0.05) is 51.3 Å². The van der Waals surface area contributed by atoms with Crippen LogP contribution in [0.15, 0.2) is 36.4 Å². The summed E-state index contributed by atoms with van der Waals surface area (Å²) in [7, 11) is 0. The molecule has 6 heteroatoms. The molecular weight excluding hydrogens is 346 g/mol. The van der Waals surface area contributed by atoms with Crippen molar-refractivity contribution < 1.29 is 9.66 Å². The molecule has 0 aliphatic carbocycles. The van der Waals surface area contributed by atoms with Crippen molar-refractivity contribution in [2.24, 2.45) is 0 Å². The molecule has 0 fully saturated rings. The van der Waals surface area contributed by atoms with E-state index in [1.807, 2.05) is 19.1 Å². The van der Waals surface area contributed by atoms with Gasteiger partial charge < -0.3 is 4.74 Å². The zero-order chi connectivity index (χ0) is 14.7. The summed E-state index contributed by atoms with van der Waals surface area (Å²) in [6.07, 6.45) is 0. The SMILES string of the molecule is Cc1ccc(Oc2c(Cl)cccc2[N+](=O)[O-])c(CBr)c1. The molecule has 0 atom stereocenters. The summed E-state index contributed by atoms with van der Waals surface area (Å²) in [6.45, 7) is 1.97. The first-order valence-corrected chi connectivity index (χ1v) is 7.29. The fraction of sp³-hybridized carbons (Fsp3) is 0.143. The van der Waals surface area contributed by atoms with Gasteiger partial charge >= 0.3 is 5.69 Å². The molecule has 0 amide bonds. The van der Waals surface area contributed by atoms with Gasteiger partial charge in [-0.25, -0.2) is 0 Å². The number of hydrogen-bond acceptors (Lipinski definition) is 3. The topological polar surface area (TPSA) is 52.4 Å². The number of aryl methyl sites for hydroxylation is 1. The first-order valence-electron chi connectivity index (χ1n) is 5.79. The molecule has 20 heavy (non-hydrogen) atoms. The Bertz CT molecular complexity index is 661. The Labute approximate surface area is 129 Å². The van der Waals surface area contributed by atoms with Crippen molar-refractivity contribution in [3.05, 3.63) is 62.7 Å². The van der Waals surface area contributed by atoms with E-state index in [0.717, 1.165) is 11.1 Å². The lowest BCUT2D eigenvalue weighted by atomic mass is 10.1. The Balaban J connectivity index is 2.47. The molecule has 0 heterocycles. The Kier molecular flexibility index (Phi) is 4.62. The maximum absolute atomic E-state index is 11.0. The lowest BCUT2D eigenvalue weighted by Crippen LogP contribution is -1.96. The van der Waals surface area contributed by atoms with Crippen molar-refractivity contribution in [2.75, 3.05) is 0 Å². The van der Waals surface area contributed by atoms with Gasteiger partial charge in [0, 0.05) is 17.0 Å². The maximum atomic E-state index is 11.0. The van der Waals surface area contributed by atoms with Gasteiger partial charge in [0.15, 0.2) is 0 Å². The van der Waals surface area contributed by atoms with E-state index in [9.17, 15) is 10.1 Å². The number of rotatable bonds is 4. The van der Waals surface area contributed by atoms with Crippen LogP contribution in [0.5, 0.6) is 11.5 Å². The summed E-state index contributed by atoms with van der Waals surface area (Å²) in [5.41, 5.74) is 1.83. The van der Waals surface area contributed by atoms with Gasteiger partial charge in [-0.15, -0.1) is 0 Å². The van der Waals surface area contributed by atoms with Crippen molar-refractivity contribution in [1.29, 1.82) is 0 Å². The smallest absolute Gasteiger partial charge is 0.313 e. The van der Waals surface area contributed by atoms with Crippen molar-refractivity contribution >= 4 is 33.2 Å². The summed E-state index contributed by atoms with van der Waals surface area (Å²) < 4.78 is 5.68. The van der Waals surface area contributed by atoms with Crippen molar-refractivity contribution in [3.63, 3.8) is 0 Å². The van der Waals surface area contributed by atoms with Gasteiger partial charge in [-0.05, 0) is 19.1 Å². The number of nitro groups is 1. The van der Waals surface area contributed by atoms with E-state index in [0.29, 0.717) is 11.1 Å². The van der Waals surface area contributed by atoms with Gasteiger partial charge in [-0.3, -0.25) is 10.1 Å². The number of para-hydroxylation sites is 1. The minimum Gasteiger partial charge on any atom is -0.448 e. The average molecular weight is 357 g/mol. The first-order chi connectivity index (χ1) is 9.52. The molecule has 0 saturated carbocycles. The number of ether oxygens (including phenoxy) is 1. The van der Waals surface area contributed by atoms with Crippen molar-refractivity contribution in [2.45, 2.75) is 12.3 Å². The second kappa shape index (κ2) is 6.24. The van der Waals surface area contributed by atoms with E-state index in [2.05, 4.69) is 15.9 Å². The highest BCUT2D eigenvalue weighted by molar-refractivity contribution is 9.08. The molecule has 104 valence electrons. The number of alkyl halides is 1. The molecule has 0 unspecified atom stereocenters. The van der Waals surface area contributed by atoms with Gasteiger partial charge in [0.25, 0.3) is 0 Å². The predicted molar refractivity (Wildman–Crippen MR) is 82.0 cm³/mol. The fourth-order valence-corrected chi connectivity index (χ4v) is 2.41. The molecule has 4 nitrogen and oxygen atoms in total. The van der Waals surface area contributed by atoms with Crippen LogP contribution in [0.2, 0.25) is 5.02 Å². The third kappa shape index (κ3) is 3.11. The van der Waals surface area contributed by atoms with E-state index in [-0.39, 0.29) is 16.5 Å². The van der Waals surface area contributed by atoms with E-state index >= 15 is 0 Å². The summed E-state index contributed by atoms with van der Waals surface area (Å²) in [6, 6.07) is 10.1. The van der Waals surface area contributed by atoms with Gasteiger partial charge in [0.2, 0.25) is 5.75 Å². The largest absolute Gasteiger partial charge is 0.448 e. The lowest BCUT2D eigenvalue weighted by Gasteiger charge is -2.11. The summed E-state index contributed by atoms with van der Waals surface area (Å²) in [4.78, 5) is 10.5. The molecule has 0 saturated heterocycles. The molecule has 0 spiro atoms. The standard InChI is InChI=1S/C14H11BrClNO3/c1-9-5-6-13(10(7-9)8-15)20-14-11(16)3-2-4-12(14)17(18)19/h2-7H,8H2,1H3. The van der Waals surface area contributed by atoms with Gasteiger partial charge in [0.1, 0.15) is 5.75 Å². The lowest BCUT2D eigenvalue weighted by molar-refractivity contribution is -0.385. The molecule has 0 aromatic heterocycles. The third-order valence-electron chi connectivity index (χ3n) is 2.71. The monoisotopic (exact) mass is 355 g/mol. The zero-order valence-electron chi connectivity index (χ0n) is 10.6. The van der Waals surface area contributed by atoms with E-state index in [1.165, 1.54) is 12.1 Å². The molecule has 0 N–H and O–H groups in total. The van der Waals surface area contributed by atoms with Crippen LogP contribution in [0.4, 0.5) is 5.69 Å². The van der Waals surface area contributed by atoms with Gasteiger partial charge in [0.05, 0.1) is 9.95 Å². The highest BCUT2D eigenvalue weighted by atomic mass is 79.9. The third-order valence-corrected chi connectivity index (χ3v) is 3.62. The number of nitro benzene ring substituents is 1. The number of nitrogens with zero attached hydrogens (tertiary/aromatic N) is 1. The number of benzene rings is 2. The zero-order valence-corrected chi connectivity index (χ0v) is 12.9. The molecular formula is C14H11BrClNO3. The van der Waals surface area contributed by atoms with Gasteiger partial charge in [-0.2, -0.15) is 0 Å². The Hall–Kier alpha value is -1.59. The second-order valence-corrected chi connectivity index (χ2v) is 5.16. The maximum Gasteiger partial charge on any atom is 0.313 e. The Morgan fingerprint density at radius 3 is 2.75 bits per heavy atom. The van der Waals surface area contributed by atoms with E-state index in [4.69, 9.17) is 16.3 Å². The molecule has 0 bridgehead atoms. The van der Waals surface area contributed by atoms with Crippen LogP contribution in [0.3, 0.4) is 0 Å². The summed E-state index contributed by atoms with van der Waals surface area (Å²) in [5, 5.41) is 11.8. The normalized spacial score (nSPS) is 10.3. The molecule has 0 aliphatic rings. The van der Waals surface area contributed by atoms with Crippen LogP contribution in [-0.2, 0) is 5.33 Å².